The van der Waals surface area contributed by atoms with Gasteiger partial charge in [0.25, 0.3) is 0 Å². The molecule has 10 rings (SSSR count). The van der Waals surface area contributed by atoms with Crippen LogP contribution < -0.4 is 0 Å². The Labute approximate surface area is 360 Å². The highest BCUT2D eigenvalue weighted by atomic mass is 15.0. The Bertz CT molecular complexity index is 4560. The molecule has 10 aromatic rings. The van der Waals surface area contributed by atoms with Crippen molar-refractivity contribution in [3.05, 3.63) is 199 Å². The van der Waals surface area contributed by atoms with Crippen LogP contribution in [0.4, 0.5) is 0 Å². The van der Waals surface area contributed by atoms with Crippen LogP contribution in [0.2, 0.25) is 0 Å². The fraction of sp³-hybridized carbons (Fsp3) is 0. The van der Waals surface area contributed by atoms with Gasteiger partial charge >= 0.3 is 0 Å². The molecular formula is C51H33N3. The highest BCUT2D eigenvalue weighted by molar-refractivity contribution is 6.25. The zero-order chi connectivity index (χ0) is 64.6. The number of aromatic nitrogens is 3. The van der Waals surface area contributed by atoms with E-state index in [4.69, 9.17) is 30.2 Å². The standard InChI is InChI=1S/C51H33N3/c1-3-11-34(12-4-1)36-19-25-39(26-20-36)49-52-50(40-27-21-37(22-28-40)35-13-5-2-6-14-35)54-51(53-49)41-29-23-38(24-30-41)42-31-32-47-45-17-8-7-15-43(45)44-16-9-10-18-46(44)48(47)33-42/h1-33H/i1D,2D,3D,4D,5D,6D,7D,8D,9D,10D,11D,12D,13D,14D,15D,16D,17D,18D,19D,20D,21D,22D,23D,24D,25D,26D,27D,28D,29D,30D,31D,32D,33D. The summed E-state index contributed by atoms with van der Waals surface area (Å²) in [5.41, 5.74) is -7.71. The van der Waals surface area contributed by atoms with Gasteiger partial charge in [-0.2, -0.15) is 0 Å². The minimum atomic E-state index is -1.16. The fourth-order valence-electron chi connectivity index (χ4n) is 5.39. The van der Waals surface area contributed by atoms with Crippen molar-refractivity contribution in [1.82, 2.24) is 15.0 Å². The first-order valence-electron chi connectivity index (χ1n) is 32.1. The van der Waals surface area contributed by atoms with Crippen molar-refractivity contribution in [2.24, 2.45) is 0 Å². The Morgan fingerprint density at radius 3 is 0.870 bits per heavy atom. The van der Waals surface area contributed by atoms with Gasteiger partial charge in [0.2, 0.25) is 0 Å². The molecule has 0 N–H and O–H groups in total. The van der Waals surface area contributed by atoms with Crippen LogP contribution in [0.1, 0.15) is 45.2 Å². The molecule has 0 aliphatic carbocycles. The van der Waals surface area contributed by atoms with E-state index in [0.717, 1.165) is 0 Å². The van der Waals surface area contributed by atoms with Crippen LogP contribution >= 0.6 is 0 Å². The van der Waals surface area contributed by atoms with Crippen molar-refractivity contribution < 1.29 is 45.2 Å². The number of nitrogens with zero attached hydrogens (tertiary/aromatic N) is 3. The van der Waals surface area contributed by atoms with Crippen LogP contribution in [0, 0.1) is 0 Å². The molecule has 3 nitrogen and oxygen atoms in total. The summed E-state index contributed by atoms with van der Waals surface area (Å²) in [4.78, 5) is 12.8. The van der Waals surface area contributed by atoms with Crippen LogP contribution in [0.25, 0.3) is 99.9 Å². The average molecular weight is 721 g/mol. The number of fused-ring (bicyclic) bond motifs is 6. The third-order valence-electron chi connectivity index (χ3n) is 7.87. The zero-order valence-electron chi connectivity index (χ0n) is 59.8. The molecule has 9 aromatic carbocycles. The van der Waals surface area contributed by atoms with Crippen molar-refractivity contribution in [3.8, 4) is 67.5 Å². The summed E-state index contributed by atoms with van der Waals surface area (Å²) in [7, 11) is 0. The summed E-state index contributed by atoms with van der Waals surface area (Å²) in [6, 6.07) is -32.0. The Hall–Kier alpha value is -7.23. The molecule has 0 saturated carbocycles. The lowest BCUT2D eigenvalue weighted by Gasteiger charge is -2.12. The molecule has 54 heavy (non-hydrogen) atoms. The molecule has 0 unspecified atom stereocenters. The second-order valence-electron chi connectivity index (χ2n) is 11.1. The summed E-state index contributed by atoms with van der Waals surface area (Å²) in [5.74, 6) is -3.01. The summed E-state index contributed by atoms with van der Waals surface area (Å²) in [5, 5.41) is -3.31. The second kappa shape index (κ2) is 13.4. The molecule has 0 bridgehead atoms. The van der Waals surface area contributed by atoms with E-state index >= 15 is 0 Å². The molecule has 0 aliphatic heterocycles. The van der Waals surface area contributed by atoms with E-state index in [9.17, 15) is 15.1 Å². The average Bonchev–Trinajstić information content (AvgIpc) is 0.715. The van der Waals surface area contributed by atoms with Crippen LogP contribution in [-0.2, 0) is 0 Å². The van der Waals surface area contributed by atoms with Crippen LogP contribution in [0.15, 0.2) is 199 Å². The fourth-order valence-corrected chi connectivity index (χ4v) is 5.39. The first kappa shape index (κ1) is 12.4. The first-order valence-corrected chi connectivity index (χ1v) is 15.6. The minimum Gasteiger partial charge on any atom is -0.208 e. The largest absolute Gasteiger partial charge is 0.208 e. The van der Waals surface area contributed by atoms with Crippen molar-refractivity contribution in [1.29, 1.82) is 0 Å². The van der Waals surface area contributed by atoms with Crippen molar-refractivity contribution in [2.75, 3.05) is 0 Å². The topological polar surface area (TPSA) is 38.7 Å². The molecule has 1 heterocycles. The van der Waals surface area contributed by atoms with E-state index in [1.54, 1.807) is 0 Å². The van der Waals surface area contributed by atoms with Gasteiger partial charge < -0.3 is 0 Å². The second-order valence-corrected chi connectivity index (χ2v) is 11.1. The molecule has 0 saturated heterocycles. The zero-order valence-corrected chi connectivity index (χ0v) is 26.8. The van der Waals surface area contributed by atoms with E-state index < -0.39 is 299 Å². The van der Waals surface area contributed by atoms with Crippen LogP contribution in [0.3, 0.4) is 0 Å². The molecule has 0 fully saturated rings. The minimum absolute atomic E-state index is 0.490. The maximum Gasteiger partial charge on any atom is 0.164 e. The lowest BCUT2D eigenvalue weighted by atomic mass is 9.92. The molecule has 1 aromatic heterocycles. The molecule has 0 aliphatic rings. The van der Waals surface area contributed by atoms with Crippen LogP contribution in [-0.4, -0.2) is 15.0 Å². The Morgan fingerprint density at radius 1 is 0.222 bits per heavy atom. The van der Waals surface area contributed by atoms with Gasteiger partial charge in [0, 0.05) is 16.7 Å². The van der Waals surface area contributed by atoms with Gasteiger partial charge in [0.15, 0.2) is 17.5 Å². The van der Waals surface area contributed by atoms with E-state index in [1.165, 1.54) is 0 Å². The van der Waals surface area contributed by atoms with Gasteiger partial charge in [-0.25, -0.2) is 15.0 Å². The summed E-state index contributed by atoms with van der Waals surface area (Å²) < 4.78 is 292. The van der Waals surface area contributed by atoms with E-state index in [1.807, 2.05) is 0 Å². The number of rotatable bonds is 6. The predicted octanol–water partition coefficient (Wildman–Crippen LogP) is 13.3. The molecule has 0 radical (unpaired) electrons. The van der Waals surface area contributed by atoms with Gasteiger partial charge in [-0.15, -0.1) is 0 Å². The Kier molecular flexibility index (Phi) is 3.08. The SMILES string of the molecule is [2H]c1c([2H])c([2H])c(-c2c([2H])c([2H])c(-c3nc(-c4c([2H])c([2H])c(-c5c([2H])c([2H])c([2H])c([2H])c5[2H])c([2H])c4[2H])nc(-c4c([2H])c([2H])c(-c5c([2H])c([2H])c6c7c([2H])c([2H])c([2H])c([2H])c7c7c([2H])c([2H])c([2H])c([2H])c7c6c5[2H])c([2H])c4[2H])n3)c([2H])c2[2H])c([2H])c1[2H]. The van der Waals surface area contributed by atoms with E-state index in [0.29, 0.717) is 0 Å². The molecule has 3 heteroatoms. The molecule has 0 amide bonds. The normalized spacial score (nSPS) is 19.9. The quantitative estimate of drug-likeness (QED) is 0.161. The highest BCUT2D eigenvalue weighted by Gasteiger charge is 2.14. The molecule has 0 atom stereocenters. The highest BCUT2D eigenvalue weighted by Crippen LogP contribution is 2.37. The maximum atomic E-state index is 9.68. The predicted molar refractivity (Wildman–Crippen MR) is 225 cm³/mol. The smallest absolute Gasteiger partial charge is 0.164 e. The van der Waals surface area contributed by atoms with Gasteiger partial charge in [0.05, 0.1) is 45.2 Å². The lowest BCUT2D eigenvalue weighted by Crippen LogP contribution is -2.00. The van der Waals surface area contributed by atoms with Crippen molar-refractivity contribution in [3.63, 3.8) is 0 Å². The Balaban J connectivity index is 1.32. The third kappa shape index (κ3) is 5.78. The Morgan fingerprint density at radius 2 is 0.481 bits per heavy atom. The van der Waals surface area contributed by atoms with Crippen molar-refractivity contribution in [2.45, 2.75) is 0 Å². The van der Waals surface area contributed by atoms with Gasteiger partial charge in [-0.05, 0) is 71.7 Å². The molecule has 0 spiro atoms. The first-order chi connectivity index (χ1) is 40.5. The van der Waals surface area contributed by atoms with Crippen LogP contribution in [0.5, 0.6) is 0 Å². The monoisotopic (exact) mass is 720 g/mol. The maximum absolute atomic E-state index is 9.68. The van der Waals surface area contributed by atoms with Gasteiger partial charge in [-0.3, -0.25) is 0 Å². The summed E-state index contributed by atoms with van der Waals surface area (Å²) >= 11 is 0. The third-order valence-corrected chi connectivity index (χ3v) is 7.87. The summed E-state index contributed by atoms with van der Waals surface area (Å²) in [6.45, 7) is 0. The van der Waals surface area contributed by atoms with Crippen molar-refractivity contribution >= 4 is 32.3 Å². The lowest BCUT2D eigenvalue weighted by molar-refractivity contribution is 1.07. The molecular weight excluding hydrogens is 655 g/mol. The van der Waals surface area contributed by atoms with E-state index in [2.05, 4.69) is 15.0 Å². The van der Waals surface area contributed by atoms with Gasteiger partial charge in [-0.1, -0.05) is 193 Å². The van der Waals surface area contributed by atoms with Gasteiger partial charge in [0.1, 0.15) is 0 Å². The van der Waals surface area contributed by atoms with E-state index in [-0.39, 0.29) is 0 Å². The number of hydrogen-bond acceptors (Lipinski definition) is 3. The molecule has 252 valence electrons. The number of benzene rings is 9. The summed E-state index contributed by atoms with van der Waals surface area (Å²) in [6.07, 6.45) is 0. The number of hydrogen-bond donors (Lipinski definition) is 0.